The molecule has 1 amide bonds. The quantitative estimate of drug-likeness (QED) is 0.444. The molecule has 0 radical (unpaired) electrons. The average Bonchev–Trinajstić information content (AvgIpc) is 2.79. The van der Waals surface area contributed by atoms with Gasteiger partial charge in [-0.3, -0.25) is 14.4 Å². The number of hydrogen-bond acceptors (Lipinski definition) is 6. The van der Waals surface area contributed by atoms with Crippen LogP contribution < -0.4 is 10.9 Å². The van der Waals surface area contributed by atoms with Crippen LogP contribution in [0.1, 0.15) is 39.8 Å². The molecule has 0 aliphatic carbocycles. The van der Waals surface area contributed by atoms with Crippen molar-refractivity contribution < 1.29 is 19.1 Å². The van der Waals surface area contributed by atoms with E-state index < -0.39 is 18.5 Å². The van der Waals surface area contributed by atoms with E-state index in [-0.39, 0.29) is 17.0 Å². The molecule has 1 N–H and O–H groups in total. The van der Waals surface area contributed by atoms with Crippen LogP contribution in [0.4, 0.5) is 5.69 Å². The molecule has 0 saturated carbocycles. The third kappa shape index (κ3) is 5.51. The number of carbonyl (C=O) groups excluding carboxylic acids is 3. The summed E-state index contributed by atoms with van der Waals surface area (Å²) in [5.74, 6) is -1.67. The van der Waals surface area contributed by atoms with Crippen LogP contribution in [0.2, 0.25) is 0 Å². The topological polar surface area (TPSA) is 107 Å². The maximum absolute atomic E-state index is 12.7. The number of ether oxygens (including phenoxy) is 1. The average molecular weight is 419 g/mol. The maximum atomic E-state index is 12.7. The molecule has 3 aromatic rings. The Morgan fingerprint density at radius 3 is 2.42 bits per heavy atom. The summed E-state index contributed by atoms with van der Waals surface area (Å²) in [6, 6.07) is 17.8. The highest BCUT2D eigenvalue weighted by atomic mass is 16.5. The lowest BCUT2D eigenvalue weighted by Gasteiger charge is -2.11. The molecule has 8 heteroatoms. The van der Waals surface area contributed by atoms with Gasteiger partial charge in [-0.25, -0.2) is 9.48 Å². The molecule has 158 valence electrons. The van der Waals surface area contributed by atoms with Crippen molar-refractivity contribution in [2.45, 2.75) is 19.9 Å². The van der Waals surface area contributed by atoms with E-state index in [4.69, 9.17) is 4.74 Å². The molecule has 1 aromatic heterocycles. The number of nitrogens with zero attached hydrogens (tertiary/aromatic N) is 2. The first-order valence-corrected chi connectivity index (χ1v) is 9.73. The van der Waals surface area contributed by atoms with E-state index in [1.807, 2.05) is 13.0 Å². The molecule has 0 aliphatic heterocycles. The van der Waals surface area contributed by atoms with Crippen molar-refractivity contribution in [3.8, 4) is 0 Å². The Bertz CT molecular complexity index is 1160. The standard InChI is InChI=1S/C23H21N3O5/c1-2-14-26-21(28)13-12-19(25-26)23(30)31-15-20(27)24-18-11-7-6-10-17(18)22(29)16-8-4-3-5-9-16/h3-13H,2,14-15H2,1H3,(H,24,27). The molecule has 31 heavy (non-hydrogen) atoms. The number of anilines is 1. The van der Waals surface area contributed by atoms with Gasteiger partial charge in [-0.15, -0.1) is 0 Å². The highest BCUT2D eigenvalue weighted by Crippen LogP contribution is 2.19. The van der Waals surface area contributed by atoms with Crippen LogP contribution in [0.15, 0.2) is 71.5 Å². The third-order valence-electron chi connectivity index (χ3n) is 4.33. The van der Waals surface area contributed by atoms with E-state index in [1.54, 1.807) is 48.5 Å². The molecule has 0 aliphatic rings. The molecular weight excluding hydrogens is 398 g/mol. The summed E-state index contributed by atoms with van der Waals surface area (Å²) in [4.78, 5) is 48.9. The van der Waals surface area contributed by atoms with Gasteiger partial charge < -0.3 is 10.1 Å². The number of carbonyl (C=O) groups is 3. The predicted octanol–water partition coefficient (Wildman–Crippen LogP) is 2.68. The number of hydrogen-bond donors (Lipinski definition) is 1. The smallest absolute Gasteiger partial charge is 0.359 e. The zero-order chi connectivity index (χ0) is 22.2. The number of amides is 1. The zero-order valence-corrected chi connectivity index (χ0v) is 16.9. The minimum Gasteiger partial charge on any atom is -0.451 e. The highest BCUT2D eigenvalue weighted by molar-refractivity contribution is 6.13. The third-order valence-corrected chi connectivity index (χ3v) is 4.33. The Kier molecular flexibility index (Phi) is 7.05. The van der Waals surface area contributed by atoms with Crippen molar-refractivity contribution in [2.24, 2.45) is 0 Å². The normalized spacial score (nSPS) is 10.4. The van der Waals surface area contributed by atoms with E-state index in [1.165, 1.54) is 16.8 Å². The van der Waals surface area contributed by atoms with Crippen molar-refractivity contribution in [3.05, 3.63) is 93.9 Å². The van der Waals surface area contributed by atoms with Gasteiger partial charge in [-0.1, -0.05) is 49.4 Å². The largest absolute Gasteiger partial charge is 0.451 e. The second-order valence-electron chi connectivity index (χ2n) is 6.64. The van der Waals surface area contributed by atoms with Gasteiger partial charge in [0.25, 0.3) is 11.5 Å². The van der Waals surface area contributed by atoms with Crippen LogP contribution in [-0.4, -0.2) is 34.0 Å². The Morgan fingerprint density at radius 1 is 0.968 bits per heavy atom. The van der Waals surface area contributed by atoms with Crippen LogP contribution in [0.5, 0.6) is 0 Å². The summed E-state index contributed by atoms with van der Waals surface area (Å²) < 4.78 is 6.18. The summed E-state index contributed by atoms with van der Waals surface area (Å²) >= 11 is 0. The number of ketones is 1. The number of nitrogens with one attached hydrogen (secondary N) is 1. The predicted molar refractivity (Wildman–Crippen MR) is 114 cm³/mol. The second kappa shape index (κ2) is 10.1. The summed E-state index contributed by atoms with van der Waals surface area (Å²) in [7, 11) is 0. The first kappa shape index (κ1) is 21.6. The van der Waals surface area contributed by atoms with E-state index in [9.17, 15) is 19.2 Å². The Morgan fingerprint density at radius 2 is 1.68 bits per heavy atom. The van der Waals surface area contributed by atoms with Gasteiger partial charge in [0.15, 0.2) is 18.1 Å². The molecule has 0 unspecified atom stereocenters. The lowest BCUT2D eigenvalue weighted by Crippen LogP contribution is -2.26. The van der Waals surface area contributed by atoms with E-state index >= 15 is 0 Å². The second-order valence-corrected chi connectivity index (χ2v) is 6.64. The van der Waals surface area contributed by atoms with E-state index in [0.717, 1.165) is 0 Å². The molecule has 0 spiro atoms. The summed E-state index contributed by atoms with van der Waals surface area (Å²) in [5.41, 5.74) is 0.731. The van der Waals surface area contributed by atoms with Gasteiger partial charge in [-0.2, -0.15) is 5.10 Å². The van der Waals surface area contributed by atoms with Gasteiger partial charge in [0.05, 0.1) is 5.69 Å². The molecule has 2 aromatic carbocycles. The number of aryl methyl sites for hydroxylation is 1. The first-order valence-electron chi connectivity index (χ1n) is 9.73. The fourth-order valence-electron chi connectivity index (χ4n) is 2.86. The van der Waals surface area contributed by atoms with Gasteiger partial charge in [-0.05, 0) is 24.6 Å². The van der Waals surface area contributed by atoms with Crippen LogP contribution in [0, 0.1) is 0 Å². The van der Waals surface area contributed by atoms with Crippen molar-refractivity contribution >= 4 is 23.3 Å². The molecule has 8 nitrogen and oxygen atoms in total. The summed E-state index contributed by atoms with van der Waals surface area (Å²) in [5, 5.41) is 6.54. The number of para-hydroxylation sites is 1. The van der Waals surface area contributed by atoms with E-state index in [0.29, 0.717) is 29.8 Å². The van der Waals surface area contributed by atoms with Crippen LogP contribution in [0.25, 0.3) is 0 Å². The van der Waals surface area contributed by atoms with Crippen molar-refractivity contribution in [1.29, 1.82) is 0 Å². The zero-order valence-electron chi connectivity index (χ0n) is 16.9. The lowest BCUT2D eigenvalue weighted by molar-refractivity contribution is -0.119. The minimum absolute atomic E-state index is 0.0690. The van der Waals surface area contributed by atoms with Gasteiger partial charge in [0, 0.05) is 23.7 Å². The number of benzene rings is 2. The summed E-state index contributed by atoms with van der Waals surface area (Å²) in [6.07, 6.45) is 0.676. The van der Waals surface area contributed by atoms with E-state index in [2.05, 4.69) is 10.4 Å². The van der Waals surface area contributed by atoms with Gasteiger partial charge in [0.2, 0.25) is 0 Å². The molecule has 1 heterocycles. The number of rotatable bonds is 8. The first-order chi connectivity index (χ1) is 15.0. The van der Waals surface area contributed by atoms with Gasteiger partial charge in [0.1, 0.15) is 0 Å². The molecule has 0 atom stereocenters. The minimum atomic E-state index is -0.825. The number of esters is 1. The van der Waals surface area contributed by atoms with Crippen molar-refractivity contribution in [1.82, 2.24) is 9.78 Å². The highest BCUT2D eigenvalue weighted by Gasteiger charge is 2.17. The molecular formula is C23H21N3O5. The van der Waals surface area contributed by atoms with Crippen molar-refractivity contribution in [3.63, 3.8) is 0 Å². The Hall–Kier alpha value is -4.07. The van der Waals surface area contributed by atoms with Crippen molar-refractivity contribution in [2.75, 3.05) is 11.9 Å². The molecule has 0 saturated heterocycles. The SMILES string of the molecule is CCCn1nc(C(=O)OCC(=O)Nc2ccccc2C(=O)c2ccccc2)ccc1=O. The summed E-state index contributed by atoms with van der Waals surface area (Å²) in [6.45, 7) is 1.68. The number of aromatic nitrogens is 2. The van der Waals surface area contributed by atoms with Crippen LogP contribution in [-0.2, 0) is 16.1 Å². The lowest BCUT2D eigenvalue weighted by atomic mass is 10.0. The van der Waals surface area contributed by atoms with Crippen LogP contribution >= 0.6 is 0 Å². The molecule has 0 fully saturated rings. The molecule has 0 bridgehead atoms. The maximum Gasteiger partial charge on any atom is 0.359 e. The van der Waals surface area contributed by atoms with Crippen LogP contribution in [0.3, 0.4) is 0 Å². The fourth-order valence-corrected chi connectivity index (χ4v) is 2.86. The Labute approximate surface area is 178 Å². The van der Waals surface area contributed by atoms with Gasteiger partial charge >= 0.3 is 5.97 Å². The fraction of sp³-hybridized carbons (Fsp3) is 0.174. The molecule has 3 rings (SSSR count). The Balaban J connectivity index is 1.66. The monoisotopic (exact) mass is 419 g/mol.